The van der Waals surface area contributed by atoms with E-state index in [1.54, 1.807) is 0 Å². The summed E-state index contributed by atoms with van der Waals surface area (Å²) in [5, 5.41) is 5.87. The Morgan fingerprint density at radius 2 is 1.02 bits per heavy atom. The van der Waals surface area contributed by atoms with Crippen LogP contribution in [0.4, 0.5) is 0 Å². The number of hydrogen-bond acceptors (Lipinski definition) is 2. The molecule has 0 aliphatic rings. The van der Waals surface area contributed by atoms with Gasteiger partial charge in [0.1, 0.15) is 11.5 Å². The van der Waals surface area contributed by atoms with Gasteiger partial charge in [0.25, 0.3) is 0 Å². The van der Waals surface area contributed by atoms with Crippen LogP contribution in [0.15, 0.2) is 158 Å². The van der Waals surface area contributed by atoms with Crippen LogP contribution in [0, 0.1) is 0 Å². The average Bonchev–Trinajstić information content (AvgIpc) is 3.69. The maximum atomic E-state index is 5.40. The highest BCUT2D eigenvalue weighted by Gasteiger charge is 2.22. The van der Waals surface area contributed by atoms with E-state index in [0.717, 1.165) is 66.8 Å². The van der Waals surface area contributed by atoms with Gasteiger partial charge in [0, 0.05) is 21.7 Å². The second-order valence-electron chi connectivity index (χ2n) is 11.8. The molecule has 4 nitrogen and oxygen atoms in total. The lowest BCUT2D eigenvalue weighted by Crippen LogP contribution is -2.01. The van der Waals surface area contributed by atoms with Crippen molar-refractivity contribution >= 4 is 60.2 Å². The van der Waals surface area contributed by atoms with Crippen molar-refractivity contribution in [1.82, 2.24) is 18.9 Å². The van der Waals surface area contributed by atoms with Crippen molar-refractivity contribution in [3.8, 4) is 28.2 Å². The number of imidazole rings is 1. The molecule has 0 saturated carbocycles. The molecule has 0 aliphatic heterocycles. The van der Waals surface area contributed by atoms with E-state index in [2.05, 4.69) is 167 Å². The molecule has 214 valence electrons. The lowest BCUT2D eigenvalue weighted by Gasteiger charge is -2.15. The van der Waals surface area contributed by atoms with Gasteiger partial charge in [-0.15, -0.1) is 0 Å². The number of para-hydroxylation sites is 4. The molecule has 0 fully saturated rings. The Kier molecular flexibility index (Phi) is 5.25. The predicted molar refractivity (Wildman–Crippen MR) is 191 cm³/mol. The van der Waals surface area contributed by atoms with Crippen molar-refractivity contribution in [2.24, 2.45) is 0 Å². The molecule has 4 heteroatoms. The molecule has 0 unspecified atom stereocenters. The highest BCUT2D eigenvalue weighted by molar-refractivity contribution is 6.27. The van der Waals surface area contributed by atoms with Gasteiger partial charge < -0.3 is 0 Å². The number of hydrogen-bond donors (Lipinski definition) is 0. The zero-order valence-electron chi connectivity index (χ0n) is 24.8. The third kappa shape index (κ3) is 3.55. The minimum Gasteiger partial charge on any atom is -0.293 e. The third-order valence-electron chi connectivity index (χ3n) is 9.27. The summed E-state index contributed by atoms with van der Waals surface area (Å²) in [5.41, 5.74) is 10.7. The summed E-state index contributed by atoms with van der Waals surface area (Å²) in [6.45, 7) is 0. The normalized spacial score (nSPS) is 11.9. The number of pyridine rings is 2. The maximum absolute atomic E-state index is 5.40. The van der Waals surface area contributed by atoms with Crippen LogP contribution in [0.25, 0.3) is 88.4 Å². The molecule has 0 aliphatic carbocycles. The zero-order chi connectivity index (χ0) is 30.2. The van der Waals surface area contributed by atoms with Crippen LogP contribution in [-0.4, -0.2) is 18.9 Å². The lowest BCUT2D eigenvalue weighted by atomic mass is 10.0. The fourth-order valence-electron chi connectivity index (χ4n) is 7.26. The second kappa shape index (κ2) is 9.62. The first-order valence-corrected chi connectivity index (χ1v) is 15.6. The quantitative estimate of drug-likeness (QED) is 0.193. The standard InChI is InChI=1S/C42H26N4/c1-3-13-27(14-4-1)29-25-35(28-15-5-2-6-16-28)43-39(26-29)46-37-21-11-8-18-31(37)33-24-23-32-30-17-7-10-20-36(30)45-38-22-12-9-19-34(38)44-42(45)40(32)41(33)46/h1-26H. The van der Waals surface area contributed by atoms with Crippen molar-refractivity contribution in [2.75, 3.05) is 0 Å². The Bertz CT molecular complexity index is 2730. The van der Waals surface area contributed by atoms with Crippen molar-refractivity contribution in [3.05, 3.63) is 158 Å². The van der Waals surface area contributed by atoms with Crippen LogP contribution in [0.1, 0.15) is 0 Å². The topological polar surface area (TPSA) is 35.1 Å². The molecule has 10 rings (SSSR count). The van der Waals surface area contributed by atoms with E-state index in [9.17, 15) is 0 Å². The highest BCUT2D eigenvalue weighted by atomic mass is 15.1. The molecule has 4 aromatic heterocycles. The van der Waals surface area contributed by atoms with Crippen LogP contribution in [0.5, 0.6) is 0 Å². The van der Waals surface area contributed by atoms with Crippen LogP contribution in [-0.2, 0) is 0 Å². The van der Waals surface area contributed by atoms with E-state index < -0.39 is 0 Å². The Morgan fingerprint density at radius 1 is 0.413 bits per heavy atom. The van der Waals surface area contributed by atoms with Crippen molar-refractivity contribution in [2.45, 2.75) is 0 Å². The molecular formula is C42H26N4. The molecule has 0 N–H and O–H groups in total. The third-order valence-corrected chi connectivity index (χ3v) is 9.27. The van der Waals surface area contributed by atoms with Gasteiger partial charge in [-0.25, -0.2) is 9.97 Å². The molecule has 6 aromatic carbocycles. The van der Waals surface area contributed by atoms with Gasteiger partial charge in [-0.2, -0.15) is 0 Å². The first kappa shape index (κ1) is 25.1. The van der Waals surface area contributed by atoms with E-state index in [4.69, 9.17) is 9.97 Å². The zero-order valence-corrected chi connectivity index (χ0v) is 24.8. The number of benzene rings is 6. The minimum atomic E-state index is 0.876. The molecule has 0 amide bonds. The minimum absolute atomic E-state index is 0.876. The molecule has 10 aromatic rings. The molecule has 0 spiro atoms. The molecule has 4 heterocycles. The molecule has 0 bridgehead atoms. The van der Waals surface area contributed by atoms with Gasteiger partial charge in [-0.3, -0.25) is 8.97 Å². The van der Waals surface area contributed by atoms with Crippen molar-refractivity contribution in [3.63, 3.8) is 0 Å². The van der Waals surface area contributed by atoms with E-state index >= 15 is 0 Å². The number of nitrogens with zero attached hydrogens (tertiary/aromatic N) is 4. The molecule has 0 atom stereocenters. The Labute approximate surface area is 264 Å². The fraction of sp³-hybridized carbons (Fsp3) is 0. The largest absolute Gasteiger partial charge is 0.293 e. The van der Waals surface area contributed by atoms with Gasteiger partial charge in [0.05, 0.1) is 38.7 Å². The number of rotatable bonds is 3. The lowest BCUT2D eigenvalue weighted by molar-refractivity contribution is 1.09. The molecular weight excluding hydrogens is 560 g/mol. The van der Waals surface area contributed by atoms with Crippen LogP contribution in [0.3, 0.4) is 0 Å². The number of fused-ring (bicyclic) bond motifs is 12. The van der Waals surface area contributed by atoms with Gasteiger partial charge in [-0.1, -0.05) is 121 Å². The van der Waals surface area contributed by atoms with Gasteiger partial charge >= 0.3 is 0 Å². The van der Waals surface area contributed by atoms with Crippen LogP contribution in [0.2, 0.25) is 0 Å². The number of aromatic nitrogens is 4. The van der Waals surface area contributed by atoms with Gasteiger partial charge in [0.15, 0.2) is 0 Å². The van der Waals surface area contributed by atoms with Gasteiger partial charge in [-0.05, 0) is 52.9 Å². The summed E-state index contributed by atoms with van der Waals surface area (Å²) < 4.78 is 4.69. The fourth-order valence-corrected chi connectivity index (χ4v) is 7.26. The molecule has 0 radical (unpaired) electrons. The first-order valence-electron chi connectivity index (χ1n) is 15.6. The van der Waals surface area contributed by atoms with Crippen LogP contribution < -0.4 is 0 Å². The summed E-state index contributed by atoms with van der Waals surface area (Å²) in [6.07, 6.45) is 0. The second-order valence-corrected chi connectivity index (χ2v) is 11.8. The van der Waals surface area contributed by atoms with E-state index in [0.29, 0.717) is 0 Å². The summed E-state index contributed by atoms with van der Waals surface area (Å²) in [5.74, 6) is 0.876. The van der Waals surface area contributed by atoms with E-state index in [1.807, 2.05) is 0 Å². The smallest absolute Gasteiger partial charge is 0.148 e. The first-order chi connectivity index (χ1) is 22.8. The van der Waals surface area contributed by atoms with Crippen LogP contribution >= 0.6 is 0 Å². The Balaban J connectivity index is 1.43. The maximum Gasteiger partial charge on any atom is 0.148 e. The summed E-state index contributed by atoms with van der Waals surface area (Å²) >= 11 is 0. The summed E-state index contributed by atoms with van der Waals surface area (Å²) in [7, 11) is 0. The van der Waals surface area contributed by atoms with Crippen molar-refractivity contribution < 1.29 is 0 Å². The average molecular weight is 587 g/mol. The molecule has 0 saturated heterocycles. The monoisotopic (exact) mass is 586 g/mol. The van der Waals surface area contributed by atoms with E-state index in [-0.39, 0.29) is 0 Å². The Morgan fingerprint density at radius 3 is 1.80 bits per heavy atom. The Hall–Kier alpha value is -6.26. The SMILES string of the molecule is c1ccc(-c2cc(-c3ccccc3)nc(-n3c4ccccc4c4ccc5c6ccccc6n6c7ccccc7nc6c5c43)c2)cc1. The summed E-state index contributed by atoms with van der Waals surface area (Å²) in [6, 6.07) is 55.8. The van der Waals surface area contributed by atoms with Gasteiger partial charge in [0.2, 0.25) is 0 Å². The predicted octanol–water partition coefficient (Wildman–Crippen LogP) is 10.6. The summed E-state index contributed by atoms with van der Waals surface area (Å²) in [4.78, 5) is 10.7. The molecule has 46 heavy (non-hydrogen) atoms. The van der Waals surface area contributed by atoms with E-state index in [1.165, 1.54) is 21.5 Å². The highest BCUT2D eigenvalue weighted by Crippen LogP contribution is 2.42. The van der Waals surface area contributed by atoms with Crippen molar-refractivity contribution in [1.29, 1.82) is 0 Å².